The number of nitrogens with zero attached hydrogens (tertiary/aromatic N) is 4. The van der Waals surface area contributed by atoms with Crippen LogP contribution in [0, 0.1) is 17.0 Å². The van der Waals surface area contributed by atoms with Crippen LogP contribution in [0.15, 0.2) is 0 Å². The summed E-state index contributed by atoms with van der Waals surface area (Å²) in [6, 6.07) is 0.148. The Hall–Kier alpha value is -2.12. The smallest absolute Gasteiger partial charge is 0.333 e. The van der Waals surface area contributed by atoms with E-state index in [4.69, 9.17) is 4.74 Å². The summed E-state index contributed by atoms with van der Waals surface area (Å²) in [5.74, 6) is 0.0377. The Labute approximate surface area is 122 Å². The van der Waals surface area contributed by atoms with Crippen LogP contribution in [-0.2, 0) is 16.1 Å². The highest BCUT2D eigenvalue weighted by atomic mass is 16.6. The molecule has 0 amide bonds. The molecular weight excluding hydrogens is 276 g/mol. The third-order valence-corrected chi connectivity index (χ3v) is 3.42. The Balaban J connectivity index is 2.39. The van der Waals surface area contributed by atoms with Gasteiger partial charge in [0.1, 0.15) is 12.2 Å². The second kappa shape index (κ2) is 6.11. The fourth-order valence-corrected chi connectivity index (χ4v) is 2.39. The van der Waals surface area contributed by atoms with Gasteiger partial charge in [0.2, 0.25) is 5.82 Å². The maximum Gasteiger partial charge on any atom is 0.333 e. The van der Waals surface area contributed by atoms with Crippen LogP contribution in [-0.4, -0.2) is 39.9 Å². The van der Waals surface area contributed by atoms with Crippen molar-refractivity contribution in [3.8, 4) is 0 Å². The molecule has 1 aliphatic rings. The lowest BCUT2D eigenvalue weighted by atomic mass is 10.3. The van der Waals surface area contributed by atoms with Gasteiger partial charge in [0.15, 0.2) is 0 Å². The lowest BCUT2D eigenvalue weighted by Gasteiger charge is -2.23. The van der Waals surface area contributed by atoms with Gasteiger partial charge >= 0.3 is 11.7 Å². The third kappa shape index (κ3) is 3.14. The second-order valence-electron chi connectivity index (χ2n) is 4.99. The molecule has 8 heteroatoms. The molecule has 0 radical (unpaired) electrons. The average molecular weight is 296 g/mol. The van der Waals surface area contributed by atoms with Crippen molar-refractivity contribution in [1.82, 2.24) is 9.78 Å². The van der Waals surface area contributed by atoms with E-state index in [1.54, 1.807) is 23.4 Å². The van der Waals surface area contributed by atoms with E-state index < -0.39 is 4.92 Å². The van der Waals surface area contributed by atoms with Crippen molar-refractivity contribution in [3.05, 3.63) is 15.8 Å². The number of carbonyl (C=O) groups excluding carboxylic acids is 1. The van der Waals surface area contributed by atoms with Crippen LogP contribution in [0.4, 0.5) is 11.5 Å². The van der Waals surface area contributed by atoms with Gasteiger partial charge in [0.25, 0.3) is 0 Å². The number of aromatic nitrogens is 2. The summed E-state index contributed by atoms with van der Waals surface area (Å²) in [4.78, 5) is 24.5. The SMILES string of the molecule is CCOC(=O)CN(c1c([N+](=O)[O-])c(C)nn1CC)C1CC1. The molecule has 0 bridgehead atoms. The quantitative estimate of drug-likeness (QED) is 0.431. The van der Waals surface area contributed by atoms with Crippen LogP contribution in [0.25, 0.3) is 0 Å². The van der Waals surface area contributed by atoms with Crippen molar-refractivity contribution in [3.63, 3.8) is 0 Å². The minimum Gasteiger partial charge on any atom is -0.465 e. The van der Waals surface area contributed by atoms with Crippen molar-refractivity contribution in [2.45, 2.75) is 46.2 Å². The molecule has 0 aromatic carbocycles. The summed E-state index contributed by atoms with van der Waals surface area (Å²) in [6.45, 7) is 6.05. The molecule has 0 aliphatic heterocycles. The molecule has 2 rings (SSSR count). The summed E-state index contributed by atoms with van der Waals surface area (Å²) in [7, 11) is 0. The molecule has 8 nitrogen and oxygen atoms in total. The zero-order valence-electron chi connectivity index (χ0n) is 12.5. The van der Waals surface area contributed by atoms with Gasteiger partial charge < -0.3 is 9.64 Å². The maximum atomic E-state index is 11.8. The van der Waals surface area contributed by atoms with Crippen LogP contribution in [0.5, 0.6) is 0 Å². The zero-order valence-corrected chi connectivity index (χ0v) is 12.5. The van der Waals surface area contributed by atoms with Crippen molar-refractivity contribution in [2.24, 2.45) is 0 Å². The highest BCUT2D eigenvalue weighted by Gasteiger charge is 2.38. The van der Waals surface area contributed by atoms with Crippen LogP contribution in [0.3, 0.4) is 0 Å². The molecular formula is C13H20N4O4. The number of anilines is 1. The Kier molecular flexibility index (Phi) is 4.44. The molecule has 1 saturated carbocycles. The van der Waals surface area contributed by atoms with E-state index in [0.717, 1.165) is 12.8 Å². The van der Waals surface area contributed by atoms with Crippen LogP contribution < -0.4 is 4.90 Å². The first kappa shape index (κ1) is 15.3. The molecule has 1 fully saturated rings. The molecule has 1 heterocycles. The average Bonchev–Trinajstić information content (AvgIpc) is 3.19. The number of ether oxygens (including phenoxy) is 1. The van der Waals surface area contributed by atoms with Crippen molar-refractivity contribution in [1.29, 1.82) is 0 Å². The minimum atomic E-state index is -0.426. The number of hydrogen-bond acceptors (Lipinski definition) is 6. The lowest BCUT2D eigenvalue weighted by molar-refractivity contribution is -0.384. The van der Waals surface area contributed by atoms with Gasteiger partial charge in [-0.2, -0.15) is 5.10 Å². The van der Waals surface area contributed by atoms with E-state index in [1.165, 1.54) is 0 Å². The predicted molar refractivity (Wildman–Crippen MR) is 76.3 cm³/mol. The normalized spacial score (nSPS) is 14.0. The van der Waals surface area contributed by atoms with Crippen LogP contribution in [0.1, 0.15) is 32.4 Å². The van der Waals surface area contributed by atoms with Gasteiger partial charge in [-0.25, -0.2) is 4.68 Å². The lowest BCUT2D eigenvalue weighted by Crippen LogP contribution is -2.35. The molecule has 21 heavy (non-hydrogen) atoms. The molecule has 0 unspecified atom stereocenters. The van der Waals surface area contributed by atoms with Gasteiger partial charge in [-0.15, -0.1) is 0 Å². The zero-order chi connectivity index (χ0) is 15.6. The number of rotatable bonds is 7. The van der Waals surface area contributed by atoms with E-state index in [0.29, 0.717) is 24.7 Å². The molecule has 0 N–H and O–H groups in total. The van der Waals surface area contributed by atoms with E-state index in [-0.39, 0.29) is 24.2 Å². The summed E-state index contributed by atoms with van der Waals surface area (Å²) in [6.07, 6.45) is 1.84. The highest BCUT2D eigenvalue weighted by Crippen LogP contribution is 2.38. The molecule has 116 valence electrons. The van der Waals surface area contributed by atoms with E-state index in [9.17, 15) is 14.9 Å². The number of carbonyl (C=O) groups is 1. The molecule has 0 saturated heterocycles. The van der Waals surface area contributed by atoms with E-state index in [2.05, 4.69) is 5.10 Å². The first-order chi connectivity index (χ1) is 9.99. The Bertz CT molecular complexity index is 551. The van der Waals surface area contributed by atoms with Crippen LogP contribution >= 0.6 is 0 Å². The van der Waals surface area contributed by atoms with Gasteiger partial charge in [-0.3, -0.25) is 14.9 Å². The third-order valence-electron chi connectivity index (χ3n) is 3.42. The van der Waals surface area contributed by atoms with Crippen molar-refractivity contribution >= 4 is 17.5 Å². The summed E-state index contributed by atoms with van der Waals surface area (Å²) in [5, 5.41) is 15.6. The van der Waals surface area contributed by atoms with Gasteiger partial charge in [-0.05, 0) is 33.6 Å². The largest absolute Gasteiger partial charge is 0.465 e. The molecule has 1 aromatic heterocycles. The standard InChI is InChI=1S/C13H20N4O4/c1-4-16-13(12(17(19)20)9(3)14-16)15(10-6-7-10)8-11(18)21-5-2/h10H,4-8H2,1-3H3. The van der Waals surface area contributed by atoms with Crippen LogP contribution in [0.2, 0.25) is 0 Å². The Morgan fingerprint density at radius 1 is 1.52 bits per heavy atom. The Morgan fingerprint density at radius 2 is 2.19 bits per heavy atom. The topological polar surface area (TPSA) is 90.5 Å². The fourth-order valence-electron chi connectivity index (χ4n) is 2.39. The monoisotopic (exact) mass is 296 g/mol. The first-order valence-corrected chi connectivity index (χ1v) is 7.13. The van der Waals surface area contributed by atoms with E-state index in [1.807, 2.05) is 6.92 Å². The van der Waals surface area contributed by atoms with Gasteiger partial charge in [0.05, 0.1) is 11.5 Å². The molecule has 1 aliphatic carbocycles. The molecule has 1 aromatic rings. The second-order valence-corrected chi connectivity index (χ2v) is 4.99. The number of hydrogen-bond donors (Lipinski definition) is 0. The summed E-state index contributed by atoms with van der Waals surface area (Å²) < 4.78 is 6.56. The van der Waals surface area contributed by atoms with Crippen molar-refractivity contribution < 1.29 is 14.5 Å². The van der Waals surface area contributed by atoms with Gasteiger partial charge in [-0.1, -0.05) is 0 Å². The minimum absolute atomic E-state index is 0.0183. The first-order valence-electron chi connectivity index (χ1n) is 7.13. The Morgan fingerprint density at radius 3 is 2.67 bits per heavy atom. The molecule has 0 atom stereocenters. The highest BCUT2D eigenvalue weighted by molar-refractivity contribution is 5.77. The van der Waals surface area contributed by atoms with Gasteiger partial charge in [0, 0.05) is 12.6 Å². The number of esters is 1. The summed E-state index contributed by atoms with van der Waals surface area (Å²) >= 11 is 0. The molecule has 0 spiro atoms. The van der Waals surface area contributed by atoms with E-state index >= 15 is 0 Å². The van der Waals surface area contributed by atoms with Crippen molar-refractivity contribution in [2.75, 3.05) is 18.1 Å². The fraction of sp³-hybridized carbons (Fsp3) is 0.692. The summed E-state index contributed by atoms with van der Waals surface area (Å²) in [5.41, 5.74) is 0.347. The number of nitro groups is 1. The number of aryl methyl sites for hydroxylation is 2. The predicted octanol–water partition coefficient (Wildman–Crippen LogP) is 1.65. The maximum absolute atomic E-state index is 11.8.